The van der Waals surface area contributed by atoms with Crippen LogP contribution >= 0.6 is 27.3 Å². The van der Waals surface area contributed by atoms with E-state index in [0.29, 0.717) is 36.8 Å². The van der Waals surface area contributed by atoms with Gasteiger partial charge in [0, 0.05) is 11.6 Å². The first-order valence-corrected chi connectivity index (χ1v) is 12.8. The van der Waals surface area contributed by atoms with Gasteiger partial charge in [0.05, 0.1) is 35.6 Å². The number of hydrogen-bond donors (Lipinski definition) is 0. The van der Waals surface area contributed by atoms with Crippen LogP contribution in [0.1, 0.15) is 29.9 Å². The molecule has 0 saturated heterocycles. The van der Waals surface area contributed by atoms with Crippen molar-refractivity contribution in [1.29, 1.82) is 0 Å². The van der Waals surface area contributed by atoms with E-state index in [1.54, 1.807) is 48.9 Å². The van der Waals surface area contributed by atoms with Crippen molar-refractivity contribution in [1.82, 2.24) is 4.57 Å². The molecule has 0 radical (unpaired) electrons. The van der Waals surface area contributed by atoms with Gasteiger partial charge in [-0.05, 0) is 52.7 Å². The number of carbonyl (C=O) groups excluding carboxylic acids is 1. The summed E-state index contributed by atoms with van der Waals surface area (Å²) in [5.74, 6) is 0.672. The molecular formula is C27H21BrN2O5S. The molecule has 1 atom stereocenters. The van der Waals surface area contributed by atoms with E-state index >= 15 is 0 Å². The molecule has 3 heterocycles. The molecule has 1 aliphatic rings. The molecule has 7 nitrogen and oxygen atoms in total. The third kappa shape index (κ3) is 4.47. The quantitative estimate of drug-likeness (QED) is 0.326. The first kappa shape index (κ1) is 24.0. The molecule has 0 amide bonds. The Morgan fingerprint density at radius 1 is 1.14 bits per heavy atom. The van der Waals surface area contributed by atoms with E-state index in [2.05, 4.69) is 15.9 Å². The van der Waals surface area contributed by atoms with Gasteiger partial charge in [0.1, 0.15) is 11.5 Å². The van der Waals surface area contributed by atoms with Gasteiger partial charge in [-0.3, -0.25) is 9.36 Å². The molecule has 1 aliphatic heterocycles. The third-order valence-electron chi connectivity index (χ3n) is 5.67. The van der Waals surface area contributed by atoms with E-state index in [0.717, 1.165) is 11.1 Å². The zero-order valence-corrected chi connectivity index (χ0v) is 21.8. The van der Waals surface area contributed by atoms with Crippen LogP contribution in [0, 0.1) is 0 Å². The van der Waals surface area contributed by atoms with E-state index in [1.807, 2.05) is 42.5 Å². The van der Waals surface area contributed by atoms with Crippen molar-refractivity contribution in [2.75, 3.05) is 13.7 Å². The molecule has 0 aliphatic carbocycles. The molecule has 0 N–H and O–H groups in total. The van der Waals surface area contributed by atoms with Gasteiger partial charge >= 0.3 is 5.97 Å². The van der Waals surface area contributed by atoms with Gasteiger partial charge < -0.3 is 13.9 Å². The Morgan fingerprint density at radius 3 is 2.53 bits per heavy atom. The van der Waals surface area contributed by atoms with E-state index in [-0.39, 0.29) is 12.2 Å². The minimum absolute atomic E-state index is 0.192. The van der Waals surface area contributed by atoms with Crippen LogP contribution in [0.4, 0.5) is 0 Å². The molecule has 1 unspecified atom stereocenters. The zero-order valence-electron chi connectivity index (χ0n) is 19.4. The number of furan rings is 1. The highest BCUT2D eigenvalue weighted by molar-refractivity contribution is 9.10. The maximum Gasteiger partial charge on any atom is 0.338 e. The summed E-state index contributed by atoms with van der Waals surface area (Å²) in [4.78, 5) is 32.4. The highest BCUT2D eigenvalue weighted by atomic mass is 79.9. The topological polar surface area (TPSA) is 83.0 Å². The van der Waals surface area contributed by atoms with Gasteiger partial charge in [0.25, 0.3) is 5.56 Å². The summed E-state index contributed by atoms with van der Waals surface area (Å²) < 4.78 is 18.9. The van der Waals surface area contributed by atoms with Crippen LogP contribution in [0.5, 0.6) is 5.75 Å². The van der Waals surface area contributed by atoms with Crippen LogP contribution in [0.3, 0.4) is 0 Å². The SMILES string of the molecule is CCOC(=O)C1=C(c2ccccc2)N=c2s/c(=C/c3ccc(Br)o3)c(=O)n2C1c1ccc(OC)cc1. The van der Waals surface area contributed by atoms with Crippen LogP contribution in [-0.2, 0) is 9.53 Å². The van der Waals surface area contributed by atoms with Gasteiger partial charge in [-0.2, -0.15) is 0 Å². The number of carbonyl (C=O) groups is 1. The predicted molar refractivity (Wildman–Crippen MR) is 140 cm³/mol. The summed E-state index contributed by atoms with van der Waals surface area (Å²) in [6.45, 7) is 1.94. The lowest BCUT2D eigenvalue weighted by atomic mass is 9.93. The molecule has 0 spiro atoms. The van der Waals surface area contributed by atoms with Gasteiger partial charge in [0.2, 0.25) is 0 Å². The lowest BCUT2D eigenvalue weighted by Gasteiger charge is -2.26. The second kappa shape index (κ2) is 10.1. The number of fused-ring (bicyclic) bond motifs is 1. The Hall–Kier alpha value is -3.69. The monoisotopic (exact) mass is 564 g/mol. The lowest BCUT2D eigenvalue weighted by molar-refractivity contribution is -0.138. The summed E-state index contributed by atoms with van der Waals surface area (Å²) >= 11 is 4.53. The average molecular weight is 565 g/mol. The number of methoxy groups -OCH3 is 1. The fourth-order valence-corrected chi connectivity index (χ4v) is 5.38. The summed E-state index contributed by atoms with van der Waals surface area (Å²) in [5, 5.41) is 0. The number of esters is 1. The fraction of sp³-hybridized carbons (Fsp3) is 0.148. The third-order valence-corrected chi connectivity index (χ3v) is 7.08. The number of nitrogens with zero attached hydrogens (tertiary/aromatic N) is 2. The molecule has 0 saturated carbocycles. The number of benzene rings is 2. The van der Waals surface area contributed by atoms with E-state index in [4.69, 9.17) is 18.9 Å². The Labute approximate surface area is 218 Å². The van der Waals surface area contributed by atoms with Crippen molar-refractivity contribution in [2.24, 2.45) is 4.99 Å². The van der Waals surface area contributed by atoms with Crippen LogP contribution in [0.15, 0.2) is 91.2 Å². The molecule has 2 aromatic carbocycles. The van der Waals surface area contributed by atoms with Gasteiger partial charge in [-0.15, -0.1) is 0 Å². The molecule has 36 heavy (non-hydrogen) atoms. The maximum absolute atomic E-state index is 13.7. The molecule has 0 fully saturated rings. The second-order valence-electron chi connectivity index (χ2n) is 7.85. The molecule has 5 rings (SSSR count). The van der Waals surface area contributed by atoms with Crippen molar-refractivity contribution < 1.29 is 18.7 Å². The largest absolute Gasteiger partial charge is 0.497 e. The fourth-order valence-electron chi connectivity index (χ4n) is 4.08. The average Bonchev–Trinajstić information content (AvgIpc) is 3.45. The molecule has 182 valence electrons. The lowest BCUT2D eigenvalue weighted by Crippen LogP contribution is -2.40. The number of hydrogen-bond acceptors (Lipinski definition) is 7. The predicted octanol–water partition coefficient (Wildman–Crippen LogP) is 4.30. The van der Waals surface area contributed by atoms with E-state index < -0.39 is 12.0 Å². The van der Waals surface area contributed by atoms with Crippen molar-refractivity contribution in [3.8, 4) is 5.75 Å². The Morgan fingerprint density at radius 2 is 1.89 bits per heavy atom. The maximum atomic E-state index is 13.7. The van der Waals surface area contributed by atoms with Crippen LogP contribution < -0.4 is 19.6 Å². The summed E-state index contributed by atoms with van der Waals surface area (Å²) in [6, 6.07) is 19.5. The number of ether oxygens (including phenoxy) is 2. The number of halogens is 1. The molecule has 0 bridgehead atoms. The molecule has 4 aromatic rings. The minimum atomic E-state index is -0.744. The zero-order chi connectivity index (χ0) is 25.2. The Balaban J connectivity index is 1.82. The van der Waals surface area contributed by atoms with Gasteiger partial charge in [0.15, 0.2) is 9.47 Å². The first-order valence-electron chi connectivity index (χ1n) is 11.2. The standard InChI is InChI=1S/C27H21BrN2O5S/c1-3-34-26(32)22-23(16-7-5-4-6-8-16)29-27-30(24(22)17-9-11-18(33-2)12-10-17)25(31)20(36-27)15-19-13-14-21(28)35-19/h4-15,24H,3H2,1-2H3/b20-15+. The first-order chi connectivity index (χ1) is 17.5. The van der Waals surface area contributed by atoms with Gasteiger partial charge in [-0.1, -0.05) is 53.8 Å². The number of rotatable bonds is 6. The number of thiazole rings is 1. The van der Waals surface area contributed by atoms with Crippen molar-refractivity contribution in [3.05, 3.63) is 114 Å². The molecule has 2 aromatic heterocycles. The highest BCUT2D eigenvalue weighted by Crippen LogP contribution is 2.35. The van der Waals surface area contributed by atoms with Crippen LogP contribution in [0.25, 0.3) is 11.8 Å². The van der Waals surface area contributed by atoms with Crippen molar-refractivity contribution >= 4 is 45.0 Å². The van der Waals surface area contributed by atoms with Crippen molar-refractivity contribution in [3.63, 3.8) is 0 Å². The summed E-state index contributed by atoms with van der Waals surface area (Å²) in [7, 11) is 1.59. The van der Waals surface area contributed by atoms with Crippen molar-refractivity contribution in [2.45, 2.75) is 13.0 Å². The van der Waals surface area contributed by atoms with E-state index in [9.17, 15) is 9.59 Å². The summed E-state index contributed by atoms with van der Waals surface area (Å²) in [6.07, 6.45) is 1.68. The smallest absolute Gasteiger partial charge is 0.338 e. The Kier molecular flexibility index (Phi) is 6.75. The summed E-state index contributed by atoms with van der Waals surface area (Å²) in [5.41, 5.74) is 1.99. The van der Waals surface area contributed by atoms with Crippen LogP contribution in [0.2, 0.25) is 0 Å². The Bertz CT molecular complexity index is 1630. The number of aromatic nitrogens is 1. The second-order valence-corrected chi connectivity index (χ2v) is 9.64. The normalized spacial score (nSPS) is 15.4. The minimum Gasteiger partial charge on any atom is -0.497 e. The van der Waals surface area contributed by atoms with Gasteiger partial charge in [-0.25, -0.2) is 9.79 Å². The van der Waals surface area contributed by atoms with Crippen LogP contribution in [-0.4, -0.2) is 24.3 Å². The van der Waals surface area contributed by atoms with E-state index in [1.165, 1.54) is 11.3 Å². The highest BCUT2D eigenvalue weighted by Gasteiger charge is 2.35. The molecular weight excluding hydrogens is 544 g/mol. The molecule has 9 heteroatoms.